The Morgan fingerprint density at radius 2 is 1.42 bits per heavy atom. The highest BCUT2D eigenvalue weighted by molar-refractivity contribution is 6.03. The first-order valence-corrected chi connectivity index (χ1v) is 12.0. The number of nitrogens with zero attached hydrogens (tertiary/aromatic N) is 4. The molecular weight excluding hydrogens is 500 g/mol. The molecule has 4 rings (SSSR count). The summed E-state index contributed by atoms with van der Waals surface area (Å²) < 4.78 is 35.1. The van der Waals surface area contributed by atoms with Gasteiger partial charge in [-0.2, -0.15) is 0 Å². The van der Waals surface area contributed by atoms with Gasteiger partial charge in [-0.05, 0) is 12.1 Å². The molecule has 1 aromatic carbocycles. The van der Waals surface area contributed by atoms with Gasteiger partial charge in [-0.25, -0.2) is 15.0 Å². The highest BCUT2D eigenvalue weighted by atomic mass is 16.6. The van der Waals surface area contributed by atoms with Crippen LogP contribution in [0.15, 0.2) is 29.3 Å². The number of hydrogen-bond donors (Lipinski definition) is 2. The molecule has 38 heavy (non-hydrogen) atoms. The first-order valence-electron chi connectivity index (χ1n) is 12.0. The van der Waals surface area contributed by atoms with Gasteiger partial charge in [0.25, 0.3) is 11.5 Å². The second-order valence-electron chi connectivity index (χ2n) is 8.02. The molecule has 204 valence electrons. The quantitative estimate of drug-likeness (QED) is 0.468. The summed E-state index contributed by atoms with van der Waals surface area (Å²) in [6, 6.07) is 3.24. The number of nitrogen functional groups attached to an aromatic ring is 1. The third-order valence-electron chi connectivity index (χ3n) is 5.40. The molecule has 0 aliphatic carbocycles. The van der Waals surface area contributed by atoms with Crippen LogP contribution in [-0.2, 0) is 26.0 Å². The van der Waals surface area contributed by atoms with Crippen LogP contribution in [0.2, 0.25) is 0 Å². The molecule has 1 aliphatic rings. The number of aromatic nitrogens is 4. The van der Waals surface area contributed by atoms with Gasteiger partial charge in [-0.15, -0.1) is 0 Å². The van der Waals surface area contributed by atoms with Crippen molar-refractivity contribution < 1.29 is 33.2 Å². The Kier molecular flexibility index (Phi) is 9.75. The summed E-state index contributed by atoms with van der Waals surface area (Å²) in [5, 5.41) is 2.90. The van der Waals surface area contributed by atoms with E-state index in [-0.39, 0.29) is 59.5 Å². The molecule has 0 spiro atoms. The SMILES string of the molecule is Cn1c(NC(=O)c2cnc(N)nc2)nc2c3c(ccc2c1=O)OCCOCCOCCOCCOCCO3. The fourth-order valence-electron chi connectivity index (χ4n) is 3.46. The molecule has 14 nitrogen and oxygen atoms in total. The molecule has 0 atom stereocenters. The zero-order chi connectivity index (χ0) is 26.7. The Labute approximate surface area is 218 Å². The van der Waals surface area contributed by atoms with Crippen molar-refractivity contribution in [1.82, 2.24) is 19.5 Å². The molecular formula is C24H30N6O8. The van der Waals surface area contributed by atoms with E-state index in [9.17, 15) is 9.59 Å². The van der Waals surface area contributed by atoms with Crippen molar-refractivity contribution in [2.24, 2.45) is 7.05 Å². The lowest BCUT2D eigenvalue weighted by Gasteiger charge is -2.17. The van der Waals surface area contributed by atoms with E-state index >= 15 is 0 Å². The van der Waals surface area contributed by atoms with E-state index in [1.54, 1.807) is 12.1 Å². The topological polar surface area (TPSA) is 171 Å². The Balaban J connectivity index is 1.61. The van der Waals surface area contributed by atoms with Gasteiger partial charge in [0.1, 0.15) is 18.7 Å². The van der Waals surface area contributed by atoms with E-state index in [1.165, 1.54) is 24.0 Å². The summed E-state index contributed by atoms with van der Waals surface area (Å²) in [5.41, 5.74) is 5.47. The summed E-state index contributed by atoms with van der Waals surface area (Å²) in [4.78, 5) is 38.1. The van der Waals surface area contributed by atoms with Crippen molar-refractivity contribution in [1.29, 1.82) is 0 Å². The number of benzene rings is 1. The number of rotatable bonds is 2. The third-order valence-corrected chi connectivity index (χ3v) is 5.40. The smallest absolute Gasteiger partial charge is 0.262 e. The zero-order valence-electron chi connectivity index (χ0n) is 21.0. The number of nitrogens with two attached hydrogens (primary N) is 1. The van der Waals surface area contributed by atoms with Crippen LogP contribution >= 0.6 is 0 Å². The van der Waals surface area contributed by atoms with Gasteiger partial charge < -0.3 is 34.2 Å². The van der Waals surface area contributed by atoms with Gasteiger partial charge >= 0.3 is 0 Å². The summed E-state index contributed by atoms with van der Waals surface area (Å²) in [7, 11) is 1.50. The van der Waals surface area contributed by atoms with Crippen LogP contribution in [0.5, 0.6) is 11.5 Å². The highest BCUT2D eigenvalue weighted by Crippen LogP contribution is 2.34. The van der Waals surface area contributed by atoms with Crippen molar-refractivity contribution in [2.75, 3.05) is 77.1 Å². The maximum atomic E-state index is 13.2. The number of carbonyl (C=O) groups excluding carboxylic acids is 1. The van der Waals surface area contributed by atoms with E-state index in [2.05, 4.69) is 20.3 Å². The molecule has 3 aromatic rings. The van der Waals surface area contributed by atoms with Crippen molar-refractivity contribution in [3.8, 4) is 11.5 Å². The fourth-order valence-corrected chi connectivity index (χ4v) is 3.46. The van der Waals surface area contributed by atoms with Gasteiger partial charge in [0.2, 0.25) is 11.9 Å². The molecule has 14 heteroatoms. The number of anilines is 2. The molecule has 0 unspecified atom stereocenters. The van der Waals surface area contributed by atoms with Crippen LogP contribution in [0.3, 0.4) is 0 Å². The van der Waals surface area contributed by atoms with E-state index < -0.39 is 5.91 Å². The maximum absolute atomic E-state index is 13.2. The number of fused-ring (bicyclic) bond motifs is 3. The minimum Gasteiger partial charge on any atom is -0.487 e. The normalized spacial score (nSPS) is 16.3. The van der Waals surface area contributed by atoms with Gasteiger partial charge in [-0.3, -0.25) is 19.5 Å². The Bertz CT molecular complexity index is 1280. The summed E-state index contributed by atoms with van der Waals surface area (Å²) in [5.74, 6) is 0.0808. The van der Waals surface area contributed by atoms with Gasteiger partial charge in [-0.1, -0.05) is 0 Å². The fraction of sp³-hybridized carbons (Fsp3) is 0.458. The van der Waals surface area contributed by atoms with Crippen molar-refractivity contribution in [3.63, 3.8) is 0 Å². The monoisotopic (exact) mass is 530 g/mol. The minimum absolute atomic E-state index is 0.00230. The lowest BCUT2D eigenvalue weighted by atomic mass is 10.2. The van der Waals surface area contributed by atoms with Crippen molar-refractivity contribution >= 4 is 28.7 Å². The van der Waals surface area contributed by atoms with E-state index in [4.69, 9.17) is 34.2 Å². The van der Waals surface area contributed by atoms with Gasteiger partial charge in [0.05, 0.1) is 63.8 Å². The predicted molar refractivity (Wildman–Crippen MR) is 136 cm³/mol. The van der Waals surface area contributed by atoms with Crippen LogP contribution in [0.1, 0.15) is 10.4 Å². The lowest BCUT2D eigenvalue weighted by molar-refractivity contribution is -0.00835. The highest BCUT2D eigenvalue weighted by Gasteiger charge is 2.19. The Hall–Kier alpha value is -3.85. The average molecular weight is 531 g/mol. The summed E-state index contributed by atoms with van der Waals surface area (Å²) in [6.07, 6.45) is 2.55. The van der Waals surface area contributed by atoms with Crippen LogP contribution in [-0.4, -0.2) is 91.5 Å². The lowest BCUT2D eigenvalue weighted by Crippen LogP contribution is -2.25. The first kappa shape index (κ1) is 27.2. The second-order valence-corrected chi connectivity index (χ2v) is 8.02. The molecule has 0 saturated carbocycles. The van der Waals surface area contributed by atoms with Gasteiger partial charge in [0, 0.05) is 19.4 Å². The number of hydrogen-bond acceptors (Lipinski definition) is 12. The van der Waals surface area contributed by atoms with E-state index in [1.807, 2.05) is 0 Å². The van der Waals surface area contributed by atoms with Crippen LogP contribution in [0.4, 0.5) is 11.9 Å². The molecule has 1 amide bonds. The molecule has 1 aliphatic heterocycles. The standard InChI is InChI=1S/C24H30N6O8/c1-30-22(32)17-2-3-18-20(19(17)28-24(30)29-21(31)16-14-26-23(25)27-15-16)38-13-11-36-9-7-34-5-4-33-6-8-35-10-12-37-18/h2-3,14-15H,4-13H2,1H3,(H2,25,26,27)(H,28,29,31). The number of amides is 1. The second kappa shape index (κ2) is 13.6. The first-order chi connectivity index (χ1) is 18.5. The maximum Gasteiger partial charge on any atom is 0.262 e. The van der Waals surface area contributed by atoms with Gasteiger partial charge in [0.15, 0.2) is 11.5 Å². The molecule has 0 fully saturated rings. The van der Waals surface area contributed by atoms with Crippen molar-refractivity contribution in [3.05, 3.63) is 40.4 Å². The van der Waals surface area contributed by atoms with Crippen LogP contribution in [0.25, 0.3) is 10.9 Å². The Morgan fingerprint density at radius 3 is 2.03 bits per heavy atom. The molecule has 2 aromatic heterocycles. The molecule has 3 heterocycles. The molecule has 0 radical (unpaired) electrons. The summed E-state index contributed by atoms with van der Waals surface area (Å²) >= 11 is 0. The Morgan fingerprint density at radius 1 is 0.868 bits per heavy atom. The van der Waals surface area contributed by atoms with E-state index in [0.717, 1.165) is 0 Å². The predicted octanol–water partition coefficient (Wildman–Crippen LogP) is 0.396. The molecule has 3 N–H and O–H groups in total. The van der Waals surface area contributed by atoms with Crippen LogP contribution < -0.4 is 26.1 Å². The largest absolute Gasteiger partial charge is 0.487 e. The van der Waals surface area contributed by atoms with E-state index in [0.29, 0.717) is 52.0 Å². The molecule has 0 bridgehead atoms. The zero-order valence-corrected chi connectivity index (χ0v) is 21.0. The third kappa shape index (κ3) is 7.13. The average Bonchev–Trinajstić information content (AvgIpc) is 2.91. The number of ether oxygens (including phenoxy) is 6. The number of carbonyl (C=O) groups is 1. The van der Waals surface area contributed by atoms with Crippen molar-refractivity contribution in [2.45, 2.75) is 0 Å². The van der Waals surface area contributed by atoms with Crippen LogP contribution in [0, 0.1) is 0 Å². The molecule has 0 saturated heterocycles. The minimum atomic E-state index is -0.563. The summed E-state index contributed by atoms with van der Waals surface area (Å²) in [6.45, 7) is 3.57. The number of nitrogens with one attached hydrogen (secondary N) is 1.